The average Bonchev–Trinajstić information content (AvgIpc) is 2.16. The molecule has 3 nitrogen and oxygen atoms in total. The van der Waals surface area contributed by atoms with Gasteiger partial charge >= 0.3 is 6.18 Å². The van der Waals surface area contributed by atoms with E-state index in [9.17, 15) is 18.3 Å². The van der Waals surface area contributed by atoms with E-state index >= 15 is 0 Å². The Morgan fingerprint density at radius 2 is 2.06 bits per heavy atom. The molecule has 16 heavy (non-hydrogen) atoms. The highest BCUT2D eigenvalue weighted by Gasteiger charge is 2.25. The lowest BCUT2D eigenvalue weighted by Gasteiger charge is -2.12. The second-order valence-corrected chi connectivity index (χ2v) is 3.65. The molecule has 0 aromatic heterocycles. The van der Waals surface area contributed by atoms with Crippen molar-refractivity contribution in [2.45, 2.75) is 38.5 Å². The Labute approximate surface area is 94.0 Å². The van der Waals surface area contributed by atoms with E-state index in [2.05, 4.69) is 5.32 Å². The minimum absolute atomic E-state index is 0.0321. The van der Waals surface area contributed by atoms with Gasteiger partial charge in [-0.1, -0.05) is 6.92 Å². The Bertz CT molecular complexity index is 165. The first-order chi connectivity index (χ1) is 7.45. The van der Waals surface area contributed by atoms with Crippen molar-refractivity contribution in [3.63, 3.8) is 0 Å². The lowest BCUT2D eigenvalue weighted by molar-refractivity contribution is -0.138. The molecule has 1 unspecified atom stereocenters. The van der Waals surface area contributed by atoms with Gasteiger partial charge in [0.25, 0.3) is 0 Å². The Hall–Kier alpha value is -0.330. The van der Waals surface area contributed by atoms with Crippen LogP contribution in [0.15, 0.2) is 0 Å². The van der Waals surface area contributed by atoms with E-state index in [1.165, 1.54) is 0 Å². The van der Waals surface area contributed by atoms with E-state index < -0.39 is 18.7 Å². The van der Waals surface area contributed by atoms with Crippen molar-refractivity contribution in [2.24, 2.45) is 0 Å². The maximum absolute atomic E-state index is 11.7. The molecule has 0 fully saturated rings. The first-order valence-corrected chi connectivity index (χ1v) is 5.49. The Kier molecular flexibility index (Phi) is 8.60. The van der Waals surface area contributed by atoms with Crippen LogP contribution in [0.1, 0.15) is 26.2 Å². The van der Waals surface area contributed by atoms with Crippen LogP contribution in [0.5, 0.6) is 0 Å². The molecule has 0 bridgehead atoms. The monoisotopic (exact) mass is 243 g/mol. The second kappa shape index (κ2) is 8.78. The van der Waals surface area contributed by atoms with E-state index in [-0.39, 0.29) is 19.6 Å². The normalized spacial score (nSPS) is 14.1. The minimum Gasteiger partial charge on any atom is -0.389 e. The van der Waals surface area contributed by atoms with Gasteiger partial charge in [0.2, 0.25) is 0 Å². The molecule has 0 heterocycles. The van der Waals surface area contributed by atoms with Gasteiger partial charge in [0, 0.05) is 19.6 Å². The number of halogens is 3. The van der Waals surface area contributed by atoms with Gasteiger partial charge in [-0.15, -0.1) is 0 Å². The SMILES string of the molecule is CCCNCC(O)COCCCC(F)(F)F. The lowest BCUT2D eigenvalue weighted by atomic mass is 10.3. The van der Waals surface area contributed by atoms with E-state index in [1.807, 2.05) is 6.92 Å². The van der Waals surface area contributed by atoms with Crippen LogP contribution in [-0.4, -0.2) is 43.7 Å². The van der Waals surface area contributed by atoms with Gasteiger partial charge in [0.05, 0.1) is 12.7 Å². The van der Waals surface area contributed by atoms with Crippen LogP contribution in [0.25, 0.3) is 0 Å². The van der Waals surface area contributed by atoms with Crippen molar-refractivity contribution in [1.29, 1.82) is 0 Å². The standard InChI is InChI=1S/C10H20F3NO2/c1-2-5-14-7-9(15)8-16-6-3-4-10(11,12)13/h9,14-15H,2-8H2,1H3. The first kappa shape index (κ1) is 15.7. The summed E-state index contributed by atoms with van der Waals surface area (Å²) in [6, 6.07) is 0. The van der Waals surface area contributed by atoms with Crippen LogP contribution in [0.3, 0.4) is 0 Å². The molecule has 98 valence electrons. The molecule has 0 rings (SSSR count). The van der Waals surface area contributed by atoms with Crippen LogP contribution in [-0.2, 0) is 4.74 Å². The van der Waals surface area contributed by atoms with E-state index in [0.717, 1.165) is 13.0 Å². The van der Waals surface area contributed by atoms with Gasteiger partial charge in [-0.05, 0) is 19.4 Å². The first-order valence-electron chi connectivity index (χ1n) is 5.49. The molecule has 0 amide bonds. The maximum Gasteiger partial charge on any atom is 0.389 e. The molecule has 0 spiro atoms. The molecule has 0 saturated carbocycles. The number of aliphatic hydroxyl groups excluding tert-OH is 1. The fourth-order valence-electron chi connectivity index (χ4n) is 1.10. The van der Waals surface area contributed by atoms with Crippen LogP contribution in [0.4, 0.5) is 13.2 Å². The number of rotatable bonds is 9. The summed E-state index contributed by atoms with van der Waals surface area (Å²) in [7, 11) is 0. The Morgan fingerprint density at radius 3 is 2.62 bits per heavy atom. The van der Waals surface area contributed by atoms with Gasteiger partial charge in [-0.3, -0.25) is 0 Å². The number of hydrogen-bond donors (Lipinski definition) is 2. The number of ether oxygens (including phenoxy) is 1. The lowest BCUT2D eigenvalue weighted by Crippen LogP contribution is -2.31. The molecular formula is C10H20F3NO2. The second-order valence-electron chi connectivity index (χ2n) is 3.65. The van der Waals surface area contributed by atoms with Crippen molar-refractivity contribution < 1.29 is 23.0 Å². The molecule has 0 aromatic carbocycles. The molecule has 2 N–H and O–H groups in total. The molecular weight excluding hydrogens is 223 g/mol. The predicted octanol–water partition coefficient (Wildman–Crippen LogP) is 1.71. The average molecular weight is 243 g/mol. The summed E-state index contributed by atoms with van der Waals surface area (Å²) >= 11 is 0. The van der Waals surface area contributed by atoms with Crippen LogP contribution >= 0.6 is 0 Å². The van der Waals surface area contributed by atoms with Gasteiger partial charge in [-0.25, -0.2) is 0 Å². The fraction of sp³-hybridized carbons (Fsp3) is 1.00. The Balaban J connectivity index is 3.24. The number of aliphatic hydroxyl groups is 1. The van der Waals surface area contributed by atoms with E-state index in [0.29, 0.717) is 6.54 Å². The molecule has 1 atom stereocenters. The fourth-order valence-corrected chi connectivity index (χ4v) is 1.10. The third kappa shape index (κ3) is 11.7. The topological polar surface area (TPSA) is 41.5 Å². The zero-order valence-electron chi connectivity index (χ0n) is 9.52. The van der Waals surface area contributed by atoms with Crippen molar-refractivity contribution in [3.05, 3.63) is 0 Å². The zero-order valence-corrected chi connectivity index (χ0v) is 9.52. The van der Waals surface area contributed by atoms with Gasteiger partial charge in [0.1, 0.15) is 0 Å². The summed E-state index contributed by atoms with van der Waals surface area (Å²) in [5.41, 5.74) is 0. The summed E-state index contributed by atoms with van der Waals surface area (Å²) in [4.78, 5) is 0. The smallest absolute Gasteiger partial charge is 0.389 e. The molecule has 0 aliphatic rings. The van der Waals surface area contributed by atoms with Crippen LogP contribution in [0, 0.1) is 0 Å². The predicted molar refractivity (Wildman–Crippen MR) is 55.3 cm³/mol. The molecule has 6 heteroatoms. The Morgan fingerprint density at radius 1 is 1.38 bits per heavy atom. The maximum atomic E-state index is 11.7. The summed E-state index contributed by atoms with van der Waals surface area (Å²) in [5, 5.41) is 12.3. The van der Waals surface area contributed by atoms with Gasteiger partial charge < -0.3 is 15.2 Å². The summed E-state index contributed by atoms with van der Waals surface area (Å²) in [5.74, 6) is 0. The molecule has 0 radical (unpaired) electrons. The molecule has 0 aliphatic heterocycles. The molecule has 0 aromatic rings. The van der Waals surface area contributed by atoms with Gasteiger partial charge in [0.15, 0.2) is 0 Å². The van der Waals surface area contributed by atoms with Crippen molar-refractivity contribution in [2.75, 3.05) is 26.3 Å². The van der Waals surface area contributed by atoms with E-state index in [4.69, 9.17) is 4.74 Å². The highest BCUT2D eigenvalue weighted by Crippen LogP contribution is 2.20. The van der Waals surface area contributed by atoms with Gasteiger partial charge in [-0.2, -0.15) is 13.2 Å². The largest absolute Gasteiger partial charge is 0.389 e. The third-order valence-electron chi connectivity index (χ3n) is 1.87. The quantitative estimate of drug-likeness (QED) is 0.606. The highest BCUT2D eigenvalue weighted by atomic mass is 19.4. The number of nitrogens with one attached hydrogen (secondary N) is 1. The van der Waals surface area contributed by atoms with Crippen LogP contribution in [0.2, 0.25) is 0 Å². The minimum atomic E-state index is -4.12. The third-order valence-corrected chi connectivity index (χ3v) is 1.87. The van der Waals surface area contributed by atoms with Crippen molar-refractivity contribution in [1.82, 2.24) is 5.32 Å². The highest BCUT2D eigenvalue weighted by molar-refractivity contribution is 4.58. The summed E-state index contributed by atoms with van der Waals surface area (Å²) < 4.78 is 40.1. The summed E-state index contributed by atoms with van der Waals surface area (Å²) in [6.45, 7) is 3.34. The summed E-state index contributed by atoms with van der Waals surface area (Å²) in [6.07, 6.45) is -4.70. The van der Waals surface area contributed by atoms with E-state index in [1.54, 1.807) is 0 Å². The van der Waals surface area contributed by atoms with Crippen LogP contribution < -0.4 is 5.32 Å². The number of hydrogen-bond acceptors (Lipinski definition) is 3. The molecule has 0 aliphatic carbocycles. The van der Waals surface area contributed by atoms with Crippen molar-refractivity contribution >= 4 is 0 Å². The molecule has 0 saturated heterocycles. The van der Waals surface area contributed by atoms with Crippen molar-refractivity contribution in [3.8, 4) is 0 Å². The number of alkyl halides is 3. The zero-order chi connectivity index (χ0) is 12.4.